The van der Waals surface area contributed by atoms with E-state index in [1.54, 1.807) is 14.0 Å². The maximum atomic E-state index is 13.4. The van der Waals surface area contributed by atoms with Gasteiger partial charge in [-0.25, -0.2) is 4.99 Å². The number of aromatic nitrogens is 3. The summed E-state index contributed by atoms with van der Waals surface area (Å²) in [6, 6.07) is 13.3. The molecule has 1 aromatic heterocycles. The normalized spacial score (nSPS) is 11.4. The smallest absolute Gasteiger partial charge is 0.278 e. The van der Waals surface area contributed by atoms with Crippen LogP contribution in [0.1, 0.15) is 22.6 Å². The van der Waals surface area contributed by atoms with Crippen LogP contribution in [0.3, 0.4) is 0 Å². The predicted octanol–water partition coefficient (Wildman–Crippen LogP) is 3.55. The van der Waals surface area contributed by atoms with Gasteiger partial charge in [0.05, 0.1) is 5.69 Å². The number of nitrogens with one attached hydrogen (secondary N) is 1. The van der Waals surface area contributed by atoms with Gasteiger partial charge in [-0.15, -0.1) is 10.2 Å². The average Bonchev–Trinajstić information content (AvgIpc) is 2.77. The zero-order chi connectivity index (χ0) is 23.4. The number of carbonyl (C=O) groups excluding carboxylic acids is 1. The minimum Gasteiger partial charge on any atom is -0.378 e. The first kappa shape index (κ1) is 23.6. The topological polar surface area (TPSA) is 92.5 Å². The Morgan fingerprint density at radius 2 is 1.88 bits per heavy atom. The van der Waals surface area contributed by atoms with E-state index in [1.807, 2.05) is 68.4 Å². The second kappa shape index (κ2) is 10.0. The number of aliphatic imine (C=N–C) groups is 1. The van der Waals surface area contributed by atoms with E-state index in [1.165, 1.54) is 4.57 Å². The molecule has 2 aromatic carbocycles. The Hall–Kier alpha value is -3.08. The van der Waals surface area contributed by atoms with Crippen molar-refractivity contribution in [3.63, 3.8) is 0 Å². The van der Waals surface area contributed by atoms with E-state index in [4.69, 9.17) is 0 Å². The second-order valence-corrected chi connectivity index (χ2v) is 8.31. The maximum absolute atomic E-state index is 13.4. The molecule has 0 atom stereocenters. The molecule has 0 saturated heterocycles. The van der Waals surface area contributed by atoms with Crippen LogP contribution in [0.25, 0.3) is 0 Å². The van der Waals surface area contributed by atoms with Crippen molar-refractivity contribution in [1.29, 1.82) is 0 Å². The molecule has 0 saturated carbocycles. The van der Waals surface area contributed by atoms with Crippen molar-refractivity contribution in [2.45, 2.75) is 18.3 Å². The zero-order valence-electron chi connectivity index (χ0n) is 18.7. The fraction of sp³-hybridized carbons (Fsp3) is 0.261. The predicted molar refractivity (Wildman–Crippen MR) is 137 cm³/mol. The Kier molecular flexibility index (Phi) is 7.39. The first-order valence-electron chi connectivity index (χ1n) is 9.95. The van der Waals surface area contributed by atoms with Crippen molar-refractivity contribution >= 4 is 51.3 Å². The molecule has 3 aromatic rings. The molecule has 0 spiro atoms. The van der Waals surface area contributed by atoms with E-state index in [-0.39, 0.29) is 22.8 Å². The Morgan fingerprint density at radius 3 is 2.53 bits per heavy atom. The van der Waals surface area contributed by atoms with Gasteiger partial charge in [-0.1, -0.05) is 40.8 Å². The number of para-hydroxylation sites is 1. The van der Waals surface area contributed by atoms with Crippen molar-refractivity contribution in [2.24, 2.45) is 12.0 Å². The number of nitrogens with zero attached hydrogens (tertiary/aromatic N) is 5. The highest BCUT2D eigenvalue weighted by molar-refractivity contribution is 14.1. The van der Waals surface area contributed by atoms with Crippen LogP contribution in [0.2, 0.25) is 0 Å². The van der Waals surface area contributed by atoms with Gasteiger partial charge in [0.15, 0.2) is 11.5 Å². The fourth-order valence-corrected chi connectivity index (χ4v) is 3.75. The SMILES string of the molecule is Cc1cc(N(C)C)ccc1/N=C(\C(=O)Nc1ccccc1CI)c1nnc(C)c(=O)n1C. The Morgan fingerprint density at radius 1 is 1.16 bits per heavy atom. The summed E-state index contributed by atoms with van der Waals surface area (Å²) in [6.45, 7) is 3.50. The molecule has 3 rings (SSSR count). The third kappa shape index (κ3) is 5.04. The number of halogens is 1. The lowest BCUT2D eigenvalue weighted by Gasteiger charge is -2.15. The fourth-order valence-electron chi connectivity index (χ4n) is 3.08. The molecule has 0 aliphatic rings. The van der Waals surface area contributed by atoms with Crippen LogP contribution < -0.4 is 15.8 Å². The molecule has 1 N–H and O–H groups in total. The van der Waals surface area contributed by atoms with Crippen LogP contribution in [0.15, 0.2) is 52.3 Å². The molecule has 0 unspecified atom stereocenters. The van der Waals surface area contributed by atoms with Gasteiger partial charge in [0.25, 0.3) is 11.5 Å². The van der Waals surface area contributed by atoms with Crippen LogP contribution in [-0.4, -0.2) is 40.5 Å². The number of hydrogen-bond acceptors (Lipinski definition) is 6. The molecule has 0 aliphatic heterocycles. The number of alkyl halides is 1. The molecule has 0 fully saturated rings. The van der Waals surface area contributed by atoms with E-state index in [9.17, 15) is 9.59 Å². The summed E-state index contributed by atoms with van der Waals surface area (Å²) in [5, 5.41) is 11.0. The lowest BCUT2D eigenvalue weighted by Crippen LogP contribution is -2.34. The minimum absolute atomic E-state index is 0.0149. The summed E-state index contributed by atoms with van der Waals surface area (Å²) in [6.07, 6.45) is 0. The lowest BCUT2D eigenvalue weighted by atomic mass is 10.1. The van der Waals surface area contributed by atoms with Crippen LogP contribution >= 0.6 is 22.6 Å². The van der Waals surface area contributed by atoms with Crippen molar-refractivity contribution in [3.8, 4) is 0 Å². The maximum Gasteiger partial charge on any atom is 0.278 e. The zero-order valence-corrected chi connectivity index (χ0v) is 20.8. The average molecular weight is 544 g/mol. The summed E-state index contributed by atoms with van der Waals surface area (Å²) in [7, 11) is 5.47. The van der Waals surface area contributed by atoms with Gasteiger partial charge < -0.3 is 10.2 Å². The molecule has 1 amide bonds. The van der Waals surface area contributed by atoms with Gasteiger partial charge in [0, 0.05) is 36.9 Å². The van der Waals surface area contributed by atoms with Crippen molar-refractivity contribution < 1.29 is 4.79 Å². The third-order valence-corrected chi connectivity index (χ3v) is 5.81. The number of hydrogen-bond donors (Lipinski definition) is 1. The summed E-state index contributed by atoms with van der Waals surface area (Å²) in [5.74, 6) is -0.368. The summed E-state index contributed by atoms with van der Waals surface area (Å²) < 4.78 is 2.03. The second-order valence-electron chi connectivity index (χ2n) is 7.54. The number of benzene rings is 2. The molecule has 0 bridgehead atoms. The van der Waals surface area contributed by atoms with Crippen LogP contribution in [-0.2, 0) is 16.3 Å². The van der Waals surface area contributed by atoms with Gasteiger partial charge in [-0.2, -0.15) is 0 Å². The molecular weight excluding hydrogens is 519 g/mol. The number of aryl methyl sites for hydroxylation is 2. The van der Waals surface area contributed by atoms with Gasteiger partial charge in [0.1, 0.15) is 5.69 Å². The summed E-state index contributed by atoms with van der Waals surface area (Å²) >= 11 is 2.25. The molecule has 8 nitrogen and oxygen atoms in total. The van der Waals surface area contributed by atoms with E-state index in [0.717, 1.165) is 21.2 Å². The number of carbonyl (C=O) groups is 1. The van der Waals surface area contributed by atoms with E-state index >= 15 is 0 Å². The molecule has 32 heavy (non-hydrogen) atoms. The van der Waals surface area contributed by atoms with Crippen molar-refractivity contribution in [1.82, 2.24) is 14.8 Å². The first-order valence-corrected chi connectivity index (χ1v) is 11.5. The van der Waals surface area contributed by atoms with Crippen molar-refractivity contribution in [2.75, 3.05) is 24.3 Å². The highest BCUT2D eigenvalue weighted by Crippen LogP contribution is 2.25. The van der Waals surface area contributed by atoms with E-state index < -0.39 is 5.91 Å². The molecular formula is C23H25IN6O2. The molecule has 0 radical (unpaired) electrons. The quantitative estimate of drug-likeness (QED) is 0.291. The number of amides is 1. The lowest BCUT2D eigenvalue weighted by molar-refractivity contribution is -0.110. The monoisotopic (exact) mass is 544 g/mol. The highest BCUT2D eigenvalue weighted by atomic mass is 127. The Bertz CT molecular complexity index is 1250. The molecule has 0 aliphatic carbocycles. The van der Waals surface area contributed by atoms with Gasteiger partial charge in [-0.05, 0) is 49.2 Å². The number of rotatable bonds is 6. The van der Waals surface area contributed by atoms with Gasteiger partial charge in [-0.3, -0.25) is 14.2 Å². The standard InChI is InChI=1S/C23H25IN6O2/c1-14-12-17(29(3)4)10-11-18(14)25-20(21-28-27-15(2)23(32)30(21)5)22(31)26-19-9-7-6-8-16(19)13-24/h6-12H,13H2,1-5H3,(H,26,31)/b25-20-. The van der Waals surface area contributed by atoms with Crippen LogP contribution in [0, 0.1) is 13.8 Å². The third-order valence-electron chi connectivity index (χ3n) is 4.99. The molecule has 166 valence electrons. The van der Waals surface area contributed by atoms with E-state index in [2.05, 4.69) is 43.1 Å². The van der Waals surface area contributed by atoms with E-state index in [0.29, 0.717) is 11.4 Å². The van der Waals surface area contributed by atoms with Crippen LogP contribution in [0.4, 0.5) is 17.1 Å². The number of anilines is 2. The highest BCUT2D eigenvalue weighted by Gasteiger charge is 2.22. The summed E-state index contributed by atoms with van der Waals surface area (Å²) in [4.78, 5) is 32.5. The first-order chi connectivity index (χ1) is 15.2. The van der Waals surface area contributed by atoms with Crippen molar-refractivity contribution in [3.05, 3.63) is 75.5 Å². The van der Waals surface area contributed by atoms with Gasteiger partial charge in [0.2, 0.25) is 0 Å². The minimum atomic E-state index is -0.466. The molecule has 9 heteroatoms. The Labute approximate surface area is 200 Å². The molecule has 1 heterocycles. The van der Waals surface area contributed by atoms with Gasteiger partial charge >= 0.3 is 0 Å². The van der Waals surface area contributed by atoms with Crippen LogP contribution in [0.5, 0.6) is 0 Å². The Balaban J connectivity index is 2.14. The summed E-state index contributed by atoms with van der Waals surface area (Å²) in [5.41, 5.74) is 4.12. The largest absolute Gasteiger partial charge is 0.378 e.